The Bertz CT molecular complexity index is 964. The molecule has 136 valence electrons. The van der Waals surface area contributed by atoms with Crippen molar-refractivity contribution in [3.63, 3.8) is 0 Å². The third-order valence-corrected chi connectivity index (χ3v) is 5.50. The van der Waals surface area contributed by atoms with Crippen molar-refractivity contribution >= 4 is 10.0 Å². The molecule has 0 spiro atoms. The summed E-state index contributed by atoms with van der Waals surface area (Å²) in [4.78, 5) is 0.0561. The predicted molar refractivity (Wildman–Crippen MR) is 96.6 cm³/mol. The number of nitrogens with zero attached hydrogens (tertiary/aromatic N) is 1. The van der Waals surface area contributed by atoms with Crippen molar-refractivity contribution in [1.29, 1.82) is 5.26 Å². The molecule has 3 rings (SSSR count). The van der Waals surface area contributed by atoms with Gasteiger partial charge < -0.3 is 9.47 Å². The number of rotatable bonds is 6. The highest BCUT2D eigenvalue weighted by Gasteiger charge is 2.23. The number of ether oxygens (including phenoxy) is 2. The number of hydrogen-bond acceptors (Lipinski definition) is 5. The van der Waals surface area contributed by atoms with E-state index in [0.29, 0.717) is 23.5 Å². The molecule has 0 amide bonds. The summed E-state index contributed by atoms with van der Waals surface area (Å²) in [6.07, 6.45) is 0.905. The van der Waals surface area contributed by atoms with E-state index in [9.17, 15) is 8.42 Å². The van der Waals surface area contributed by atoms with Crippen molar-refractivity contribution < 1.29 is 17.9 Å². The molecule has 0 saturated heterocycles. The largest absolute Gasteiger partial charge is 0.494 e. The molecule has 1 aliphatic rings. The Morgan fingerprint density at radius 1 is 1.35 bits per heavy atom. The van der Waals surface area contributed by atoms with Gasteiger partial charge in [0.05, 0.1) is 23.1 Å². The smallest absolute Gasteiger partial charge is 0.240 e. The lowest BCUT2D eigenvalue weighted by Gasteiger charge is -2.13. The molecule has 2 aromatic rings. The highest BCUT2D eigenvalue weighted by molar-refractivity contribution is 7.89. The maximum absolute atomic E-state index is 12.5. The monoisotopic (exact) mass is 372 g/mol. The summed E-state index contributed by atoms with van der Waals surface area (Å²) in [5.41, 5.74) is 2.07. The summed E-state index contributed by atoms with van der Waals surface area (Å²) in [7, 11) is -3.75. The number of hydrogen-bond donors (Lipinski definition) is 1. The summed E-state index contributed by atoms with van der Waals surface area (Å²) in [5, 5.41) is 8.95. The lowest BCUT2D eigenvalue weighted by Crippen LogP contribution is -2.23. The second-order valence-electron chi connectivity index (χ2n) is 6.10. The first kappa shape index (κ1) is 18.2. The van der Waals surface area contributed by atoms with Crippen molar-refractivity contribution in [1.82, 2.24) is 4.72 Å². The standard InChI is InChI=1S/C19H20N2O4S/c1-3-24-18-9-15-7-13(2)25-19(15)10-16(18)12-21-26(22,23)17-6-4-5-14(8-17)11-20/h4-6,8-10,13,21H,3,7,12H2,1-2H3/t13-/m1/s1. The molecular formula is C19H20N2O4S. The molecule has 26 heavy (non-hydrogen) atoms. The number of nitriles is 1. The first-order valence-corrected chi connectivity index (χ1v) is 9.86. The van der Waals surface area contributed by atoms with Gasteiger partial charge in [0.1, 0.15) is 17.6 Å². The molecule has 0 saturated carbocycles. The maximum atomic E-state index is 12.5. The van der Waals surface area contributed by atoms with Crippen LogP contribution < -0.4 is 14.2 Å². The van der Waals surface area contributed by atoms with E-state index in [1.165, 1.54) is 12.1 Å². The Morgan fingerprint density at radius 2 is 2.15 bits per heavy atom. The van der Waals surface area contributed by atoms with Gasteiger partial charge in [-0.05, 0) is 44.2 Å². The fourth-order valence-electron chi connectivity index (χ4n) is 2.90. The zero-order chi connectivity index (χ0) is 18.7. The van der Waals surface area contributed by atoms with E-state index >= 15 is 0 Å². The van der Waals surface area contributed by atoms with Gasteiger partial charge in [-0.3, -0.25) is 0 Å². The van der Waals surface area contributed by atoms with Crippen LogP contribution in [-0.4, -0.2) is 21.1 Å². The van der Waals surface area contributed by atoms with E-state index in [0.717, 1.165) is 17.7 Å². The third kappa shape index (κ3) is 3.82. The van der Waals surface area contributed by atoms with Crippen LogP contribution in [0.3, 0.4) is 0 Å². The average Bonchev–Trinajstić information content (AvgIpc) is 2.99. The highest BCUT2D eigenvalue weighted by atomic mass is 32.2. The number of sulfonamides is 1. The first-order chi connectivity index (χ1) is 12.4. The van der Waals surface area contributed by atoms with Gasteiger partial charge >= 0.3 is 0 Å². The molecule has 1 N–H and O–H groups in total. The number of benzene rings is 2. The summed E-state index contributed by atoms with van der Waals surface area (Å²) in [6, 6.07) is 11.6. The van der Waals surface area contributed by atoms with Crippen LogP contribution in [-0.2, 0) is 23.0 Å². The molecule has 0 radical (unpaired) electrons. The number of nitrogens with one attached hydrogen (secondary N) is 1. The molecule has 6 nitrogen and oxygen atoms in total. The van der Waals surface area contributed by atoms with Crippen LogP contribution in [0, 0.1) is 11.3 Å². The maximum Gasteiger partial charge on any atom is 0.240 e. The molecular weight excluding hydrogens is 352 g/mol. The van der Waals surface area contributed by atoms with E-state index in [-0.39, 0.29) is 17.5 Å². The van der Waals surface area contributed by atoms with E-state index < -0.39 is 10.0 Å². The van der Waals surface area contributed by atoms with Crippen LogP contribution in [0.2, 0.25) is 0 Å². The van der Waals surface area contributed by atoms with Crippen LogP contribution in [0.15, 0.2) is 41.3 Å². The van der Waals surface area contributed by atoms with E-state index in [1.54, 1.807) is 12.1 Å². The minimum atomic E-state index is -3.75. The van der Waals surface area contributed by atoms with Gasteiger partial charge in [0.2, 0.25) is 10.0 Å². The van der Waals surface area contributed by atoms with Crippen molar-refractivity contribution in [3.8, 4) is 17.6 Å². The van der Waals surface area contributed by atoms with Gasteiger partial charge in [-0.2, -0.15) is 5.26 Å². The van der Waals surface area contributed by atoms with Gasteiger partial charge in [0, 0.05) is 24.1 Å². The summed E-state index contributed by atoms with van der Waals surface area (Å²) in [6.45, 7) is 4.43. The highest BCUT2D eigenvalue weighted by Crippen LogP contribution is 2.35. The molecule has 0 bridgehead atoms. The van der Waals surface area contributed by atoms with Crippen LogP contribution in [0.25, 0.3) is 0 Å². The van der Waals surface area contributed by atoms with Crippen LogP contribution in [0.4, 0.5) is 0 Å². The molecule has 0 unspecified atom stereocenters. The zero-order valence-electron chi connectivity index (χ0n) is 14.7. The van der Waals surface area contributed by atoms with E-state index in [4.69, 9.17) is 14.7 Å². The fraction of sp³-hybridized carbons (Fsp3) is 0.316. The van der Waals surface area contributed by atoms with Crippen molar-refractivity contribution in [2.75, 3.05) is 6.61 Å². The molecule has 1 heterocycles. The predicted octanol–water partition coefficient (Wildman–Crippen LogP) is 2.76. The van der Waals surface area contributed by atoms with Crippen molar-refractivity contribution in [2.24, 2.45) is 0 Å². The minimum Gasteiger partial charge on any atom is -0.494 e. The lowest BCUT2D eigenvalue weighted by atomic mass is 10.1. The molecule has 1 atom stereocenters. The first-order valence-electron chi connectivity index (χ1n) is 8.38. The minimum absolute atomic E-state index is 0.0561. The Balaban J connectivity index is 1.84. The molecule has 0 aliphatic carbocycles. The fourth-order valence-corrected chi connectivity index (χ4v) is 3.95. The van der Waals surface area contributed by atoms with E-state index in [2.05, 4.69) is 4.72 Å². The van der Waals surface area contributed by atoms with Crippen molar-refractivity contribution in [2.45, 2.75) is 37.8 Å². The van der Waals surface area contributed by atoms with Crippen LogP contribution in [0.5, 0.6) is 11.5 Å². The number of fused-ring (bicyclic) bond motifs is 1. The Labute approximate surface area is 153 Å². The lowest BCUT2D eigenvalue weighted by molar-refractivity contribution is 0.254. The Morgan fingerprint density at radius 3 is 2.88 bits per heavy atom. The van der Waals surface area contributed by atoms with Gasteiger partial charge in [0.15, 0.2) is 0 Å². The van der Waals surface area contributed by atoms with E-state index in [1.807, 2.05) is 32.0 Å². The Kier molecular flexibility index (Phi) is 5.16. The van der Waals surface area contributed by atoms with Gasteiger partial charge in [-0.25, -0.2) is 13.1 Å². The molecule has 0 fully saturated rings. The van der Waals surface area contributed by atoms with Crippen LogP contribution >= 0.6 is 0 Å². The van der Waals surface area contributed by atoms with Gasteiger partial charge in [-0.15, -0.1) is 0 Å². The summed E-state index contributed by atoms with van der Waals surface area (Å²) < 4.78 is 39.1. The van der Waals surface area contributed by atoms with Crippen molar-refractivity contribution in [3.05, 3.63) is 53.1 Å². The SMILES string of the molecule is CCOc1cc2c(cc1CNS(=O)(=O)c1cccc(C#N)c1)O[C@H](C)C2. The van der Waals surface area contributed by atoms with Crippen LogP contribution in [0.1, 0.15) is 30.5 Å². The van der Waals surface area contributed by atoms with Gasteiger partial charge in [0.25, 0.3) is 0 Å². The molecule has 7 heteroatoms. The third-order valence-electron chi connectivity index (χ3n) is 4.11. The second kappa shape index (κ2) is 7.36. The zero-order valence-corrected chi connectivity index (χ0v) is 15.5. The normalized spacial score (nSPS) is 15.8. The topological polar surface area (TPSA) is 88.4 Å². The summed E-state index contributed by atoms with van der Waals surface area (Å²) in [5.74, 6) is 1.42. The van der Waals surface area contributed by atoms with Gasteiger partial charge in [-0.1, -0.05) is 6.07 Å². The average molecular weight is 372 g/mol. The molecule has 0 aromatic heterocycles. The quantitative estimate of drug-likeness (QED) is 0.842. The molecule has 1 aliphatic heterocycles. The molecule has 2 aromatic carbocycles. The second-order valence-corrected chi connectivity index (χ2v) is 7.86. The summed E-state index contributed by atoms with van der Waals surface area (Å²) >= 11 is 0. The Hall–Kier alpha value is -2.56.